The summed E-state index contributed by atoms with van der Waals surface area (Å²) >= 11 is 0. The Kier molecular flexibility index (Phi) is 6.56. The summed E-state index contributed by atoms with van der Waals surface area (Å²) in [6, 6.07) is 19.0. The fourth-order valence-electron chi connectivity index (χ4n) is 3.02. The Morgan fingerprint density at radius 1 is 0.917 bits per heavy atom. The van der Waals surface area contributed by atoms with E-state index < -0.39 is 5.60 Å². The van der Waals surface area contributed by atoms with Gasteiger partial charge in [0.25, 0.3) is 5.91 Å². The van der Waals surface area contributed by atoms with Crippen LogP contribution >= 0.6 is 0 Å². The summed E-state index contributed by atoms with van der Waals surface area (Å²) in [6.07, 6.45) is 2.03. The molecule has 1 atom stereocenters. The van der Waals surface area contributed by atoms with Gasteiger partial charge in [-0.2, -0.15) is 0 Å². The lowest BCUT2D eigenvalue weighted by Crippen LogP contribution is -2.49. The normalized spacial score (nSPS) is 13.3. The van der Waals surface area contributed by atoms with Gasteiger partial charge in [0, 0.05) is 19.5 Å². The molecule has 0 radical (unpaired) electrons. The summed E-state index contributed by atoms with van der Waals surface area (Å²) in [5.41, 5.74) is 0.0636. The van der Waals surface area contributed by atoms with Crippen molar-refractivity contribution in [3.63, 3.8) is 0 Å². The van der Waals surface area contributed by atoms with E-state index in [0.717, 1.165) is 18.4 Å². The molecule has 2 rings (SSSR count). The molecule has 3 nitrogen and oxygen atoms in total. The number of nitrogens with zero attached hydrogens (tertiary/aromatic N) is 1. The van der Waals surface area contributed by atoms with Crippen molar-refractivity contribution in [3.05, 3.63) is 71.8 Å². The topological polar surface area (TPSA) is 40.5 Å². The molecule has 2 aromatic carbocycles. The minimum atomic E-state index is -1.53. The SMILES string of the molecule is CCCN(CCC)C(=O)C(O)(Cc1ccccc1)c1ccccc1. The number of rotatable bonds is 8. The van der Waals surface area contributed by atoms with E-state index in [1.54, 1.807) is 4.90 Å². The number of aliphatic hydroxyl groups is 1. The molecule has 1 unspecified atom stereocenters. The summed E-state index contributed by atoms with van der Waals surface area (Å²) in [5.74, 6) is -0.207. The first-order valence-corrected chi connectivity index (χ1v) is 8.73. The quantitative estimate of drug-likeness (QED) is 0.803. The van der Waals surface area contributed by atoms with Crippen LogP contribution in [-0.2, 0) is 16.8 Å². The molecule has 0 bridgehead atoms. The minimum absolute atomic E-state index is 0.207. The zero-order valence-corrected chi connectivity index (χ0v) is 14.6. The van der Waals surface area contributed by atoms with Gasteiger partial charge in [0.05, 0.1) is 0 Å². The lowest BCUT2D eigenvalue weighted by Gasteiger charge is -2.34. The van der Waals surface area contributed by atoms with Crippen LogP contribution in [0.25, 0.3) is 0 Å². The van der Waals surface area contributed by atoms with Crippen LogP contribution in [0.3, 0.4) is 0 Å². The van der Waals surface area contributed by atoms with Gasteiger partial charge in [-0.05, 0) is 24.0 Å². The molecule has 1 amide bonds. The molecular weight excluding hydrogens is 298 g/mol. The number of benzene rings is 2. The van der Waals surface area contributed by atoms with Crippen molar-refractivity contribution in [1.82, 2.24) is 4.90 Å². The van der Waals surface area contributed by atoms with Gasteiger partial charge in [-0.1, -0.05) is 74.5 Å². The second kappa shape index (κ2) is 8.65. The maximum atomic E-state index is 13.2. The van der Waals surface area contributed by atoms with Gasteiger partial charge >= 0.3 is 0 Å². The standard InChI is InChI=1S/C21H27NO2/c1-3-15-22(16-4-2)20(23)21(24,19-13-9-6-10-14-19)17-18-11-7-5-8-12-18/h5-14,24H,3-4,15-17H2,1-2H3. The van der Waals surface area contributed by atoms with E-state index in [2.05, 4.69) is 13.8 Å². The lowest BCUT2D eigenvalue weighted by atomic mass is 9.85. The van der Waals surface area contributed by atoms with Crippen LogP contribution in [0.5, 0.6) is 0 Å². The van der Waals surface area contributed by atoms with Crippen LogP contribution in [0.2, 0.25) is 0 Å². The Morgan fingerprint density at radius 2 is 1.42 bits per heavy atom. The molecule has 3 heteroatoms. The lowest BCUT2D eigenvalue weighted by molar-refractivity contribution is -0.152. The summed E-state index contributed by atoms with van der Waals surface area (Å²) in [6.45, 7) is 5.43. The van der Waals surface area contributed by atoms with Gasteiger partial charge in [-0.15, -0.1) is 0 Å². The predicted molar refractivity (Wildman–Crippen MR) is 97.6 cm³/mol. The van der Waals surface area contributed by atoms with Gasteiger partial charge in [0.1, 0.15) is 0 Å². The molecule has 0 saturated heterocycles. The van der Waals surface area contributed by atoms with E-state index in [1.807, 2.05) is 60.7 Å². The van der Waals surface area contributed by atoms with E-state index >= 15 is 0 Å². The van der Waals surface area contributed by atoms with Crippen LogP contribution < -0.4 is 0 Å². The molecule has 0 aliphatic heterocycles. The Labute approximate surface area is 144 Å². The number of carbonyl (C=O) groups is 1. The molecule has 0 aromatic heterocycles. The summed E-state index contributed by atoms with van der Waals surface area (Å²) in [5, 5.41) is 11.4. The second-order valence-electron chi connectivity index (χ2n) is 6.18. The zero-order chi connectivity index (χ0) is 17.4. The van der Waals surface area contributed by atoms with Crippen molar-refractivity contribution in [2.45, 2.75) is 38.7 Å². The Morgan fingerprint density at radius 3 is 1.92 bits per heavy atom. The smallest absolute Gasteiger partial charge is 0.259 e. The fraction of sp³-hybridized carbons (Fsp3) is 0.381. The maximum absolute atomic E-state index is 13.2. The number of amides is 1. The highest BCUT2D eigenvalue weighted by Crippen LogP contribution is 2.28. The largest absolute Gasteiger partial charge is 0.375 e. The van der Waals surface area contributed by atoms with E-state index in [-0.39, 0.29) is 12.3 Å². The van der Waals surface area contributed by atoms with E-state index in [9.17, 15) is 9.90 Å². The zero-order valence-electron chi connectivity index (χ0n) is 14.6. The first-order valence-electron chi connectivity index (χ1n) is 8.73. The Bertz CT molecular complexity index is 621. The first-order chi connectivity index (χ1) is 11.6. The third kappa shape index (κ3) is 4.24. The summed E-state index contributed by atoms with van der Waals surface area (Å²) in [4.78, 5) is 15.0. The molecule has 2 aromatic rings. The molecular formula is C21H27NO2. The van der Waals surface area contributed by atoms with Crippen LogP contribution in [0, 0.1) is 0 Å². The van der Waals surface area contributed by atoms with Gasteiger partial charge in [0.15, 0.2) is 5.60 Å². The van der Waals surface area contributed by atoms with E-state index in [1.165, 1.54) is 0 Å². The van der Waals surface area contributed by atoms with Gasteiger partial charge in [0.2, 0.25) is 0 Å². The predicted octanol–water partition coefficient (Wildman–Crippen LogP) is 3.77. The average molecular weight is 325 g/mol. The molecule has 24 heavy (non-hydrogen) atoms. The highest BCUT2D eigenvalue weighted by molar-refractivity contribution is 5.86. The van der Waals surface area contributed by atoms with Crippen molar-refractivity contribution < 1.29 is 9.90 Å². The first kappa shape index (κ1) is 18.2. The van der Waals surface area contributed by atoms with Crippen molar-refractivity contribution >= 4 is 5.91 Å². The molecule has 0 heterocycles. The molecule has 0 aliphatic rings. The van der Waals surface area contributed by atoms with Crippen LogP contribution in [0.15, 0.2) is 60.7 Å². The Hall–Kier alpha value is -2.13. The fourth-order valence-corrected chi connectivity index (χ4v) is 3.02. The highest BCUT2D eigenvalue weighted by Gasteiger charge is 2.40. The summed E-state index contributed by atoms with van der Waals surface area (Å²) in [7, 11) is 0. The van der Waals surface area contributed by atoms with Crippen LogP contribution in [0.4, 0.5) is 0 Å². The van der Waals surface area contributed by atoms with Gasteiger partial charge in [-0.3, -0.25) is 4.79 Å². The minimum Gasteiger partial charge on any atom is -0.375 e. The molecule has 0 saturated carbocycles. The van der Waals surface area contributed by atoms with Gasteiger partial charge < -0.3 is 10.0 Å². The monoisotopic (exact) mass is 325 g/mol. The van der Waals surface area contributed by atoms with Crippen molar-refractivity contribution in [1.29, 1.82) is 0 Å². The van der Waals surface area contributed by atoms with E-state index in [4.69, 9.17) is 0 Å². The van der Waals surface area contributed by atoms with E-state index in [0.29, 0.717) is 18.7 Å². The number of carbonyl (C=O) groups excluding carboxylic acids is 1. The second-order valence-corrected chi connectivity index (χ2v) is 6.18. The third-order valence-corrected chi connectivity index (χ3v) is 4.18. The molecule has 0 fully saturated rings. The van der Waals surface area contributed by atoms with Crippen molar-refractivity contribution in [3.8, 4) is 0 Å². The molecule has 1 N–H and O–H groups in total. The third-order valence-electron chi connectivity index (χ3n) is 4.18. The van der Waals surface area contributed by atoms with Crippen LogP contribution in [0.1, 0.15) is 37.8 Å². The molecule has 0 aliphatic carbocycles. The Balaban J connectivity index is 2.40. The van der Waals surface area contributed by atoms with Crippen molar-refractivity contribution in [2.24, 2.45) is 0 Å². The molecule has 128 valence electrons. The highest BCUT2D eigenvalue weighted by atomic mass is 16.3. The van der Waals surface area contributed by atoms with Gasteiger partial charge in [-0.25, -0.2) is 0 Å². The van der Waals surface area contributed by atoms with Crippen LogP contribution in [-0.4, -0.2) is 29.0 Å². The number of hydrogen-bond donors (Lipinski definition) is 1. The molecule has 0 spiro atoms. The average Bonchev–Trinajstić information content (AvgIpc) is 2.62. The number of hydrogen-bond acceptors (Lipinski definition) is 2. The van der Waals surface area contributed by atoms with Crippen molar-refractivity contribution in [2.75, 3.05) is 13.1 Å². The summed E-state index contributed by atoms with van der Waals surface area (Å²) < 4.78 is 0. The maximum Gasteiger partial charge on any atom is 0.259 e.